The summed E-state index contributed by atoms with van der Waals surface area (Å²) < 4.78 is 1.88. The van der Waals surface area contributed by atoms with E-state index in [9.17, 15) is 4.79 Å². The summed E-state index contributed by atoms with van der Waals surface area (Å²) in [6, 6.07) is 7.76. The molecule has 0 aliphatic heterocycles. The number of aryl methyl sites for hydroxylation is 1. The van der Waals surface area contributed by atoms with Gasteiger partial charge >= 0.3 is 0 Å². The first-order chi connectivity index (χ1) is 11.7. The Bertz CT molecular complexity index is 826. The van der Waals surface area contributed by atoms with Crippen molar-refractivity contribution in [2.24, 2.45) is 0 Å². The van der Waals surface area contributed by atoms with Crippen molar-refractivity contribution in [3.8, 4) is 0 Å². The summed E-state index contributed by atoms with van der Waals surface area (Å²) in [6.07, 6.45) is 10.3. The van der Waals surface area contributed by atoms with Crippen molar-refractivity contribution in [3.05, 3.63) is 65.9 Å². The van der Waals surface area contributed by atoms with Gasteiger partial charge < -0.3 is 9.72 Å². The minimum absolute atomic E-state index is 0.0438. The fraction of sp³-hybridized carbons (Fsp3) is 0.316. The minimum Gasteiger partial charge on any atom is -0.344 e. The number of hydrogen-bond donors (Lipinski definition) is 1. The molecule has 0 aliphatic rings. The van der Waals surface area contributed by atoms with Crippen molar-refractivity contribution < 1.29 is 4.79 Å². The van der Waals surface area contributed by atoms with Crippen LogP contribution < -0.4 is 5.32 Å². The summed E-state index contributed by atoms with van der Waals surface area (Å²) in [5.74, 6) is -0.152. The molecule has 124 valence electrons. The zero-order chi connectivity index (χ0) is 16.9. The van der Waals surface area contributed by atoms with E-state index in [0.29, 0.717) is 5.69 Å². The number of carbonyl (C=O) groups is 1. The Labute approximate surface area is 141 Å². The average molecular weight is 322 g/mol. The molecule has 0 aromatic carbocycles. The van der Waals surface area contributed by atoms with Crippen LogP contribution in [0.3, 0.4) is 0 Å². The molecule has 0 saturated heterocycles. The molecule has 0 saturated carbocycles. The summed E-state index contributed by atoms with van der Waals surface area (Å²) in [6.45, 7) is 4.16. The standard InChI is InChI=1S/C19H22N4O/c1-3-4-7-16(15-6-5-10-20-11-15)22-19(24)17-13-23-12-14(2)8-9-18(23)21-17/h5-6,8-13,16H,3-4,7H2,1-2H3,(H,22,24). The average Bonchev–Trinajstić information content (AvgIpc) is 3.02. The molecule has 3 heterocycles. The summed E-state index contributed by atoms with van der Waals surface area (Å²) in [7, 11) is 0. The van der Waals surface area contributed by atoms with Crippen LogP contribution in [0.25, 0.3) is 5.65 Å². The fourth-order valence-electron chi connectivity index (χ4n) is 2.76. The number of pyridine rings is 2. The molecule has 3 aromatic heterocycles. The van der Waals surface area contributed by atoms with Gasteiger partial charge in [-0.2, -0.15) is 0 Å². The maximum absolute atomic E-state index is 12.6. The van der Waals surface area contributed by atoms with E-state index < -0.39 is 0 Å². The molecule has 1 amide bonds. The highest BCUT2D eigenvalue weighted by Crippen LogP contribution is 2.19. The van der Waals surface area contributed by atoms with Crippen molar-refractivity contribution in [3.63, 3.8) is 0 Å². The second-order valence-electron chi connectivity index (χ2n) is 6.05. The van der Waals surface area contributed by atoms with Crippen LogP contribution in [0.1, 0.15) is 53.8 Å². The van der Waals surface area contributed by atoms with Gasteiger partial charge in [0.2, 0.25) is 0 Å². The molecule has 1 unspecified atom stereocenters. The number of imidazole rings is 1. The molecule has 3 rings (SSSR count). The number of unbranched alkanes of at least 4 members (excludes halogenated alkanes) is 1. The lowest BCUT2D eigenvalue weighted by Crippen LogP contribution is -2.29. The van der Waals surface area contributed by atoms with Gasteiger partial charge in [-0.25, -0.2) is 4.98 Å². The van der Waals surface area contributed by atoms with Gasteiger partial charge in [-0.05, 0) is 36.6 Å². The van der Waals surface area contributed by atoms with Crippen LogP contribution in [-0.2, 0) is 0 Å². The first-order valence-electron chi connectivity index (χ1n) is 8.33. The van der Waals surface area contributed by atoms with E-state index in [0.717, 1.165) is 36.0 Å². The van der Waals surface area contributed by atoms with E-state index in [-0.39, 0.29) is 11.9 Å². The third kappa shape index (κ3) is 3.62. The van der Waals surface area contributed by atoms with E-state index in [1.165, 1.54) is 0 Å². The van der Waals surface area contributed by atoms with Crippen LogP contribution in [-0.4, -0.2) is 20.3 Å². The van der Waals surface area contributed by atoms with E-state index in [1.807, 2.05) is 48.0 Å². The molecule has 24 heavy (non-hydrogen) atoms. The summed E-state index contributed by atoms with van der Waals surface area (Å²) in [5.41, 5.74) is 3.37. The van der Waals surface area contributed by atoms with Crippen molar-refractivity contribution >= 4 is 11.6 Å². The summed E-state index contributed by atoms with van der Waals surface area (Å²) in [4.78, 5) is 21.2. The number of fused-ring (bicyclic) bond motifs is 1. The van der Waals surface area contributed by atoms with Gasteiger partial charge in [-0.15, -0.1) is 0 Å². The van der Waals surface area contributed by atoms with E-state index in [1.54, 1.807) is 12.4 Å². The summed E-state index contributed by atoms with van der Waals surface area (Å²) >= 11 is 0. The van der Waals surface area contributed by atoms with Gasteiger partial charge in [-0.3, -0.25) is 9.78 Å². The Kier molecular flexibility index (Phi) is 4.89. The Morgan fingerprint density at radius 1 is 1.29 bits per heavy atom. The van der Waals surface area contributed by atoms with Gasteiger partial charge in [0.15, 0.2) is 0 Å². The molecule has 0 spiro atoms. The molecule has 1 atom stereocenters. The van der Waals surface area contributed by atoms with Gasteiger partial charge in [0.25, 0.3) is 5.91 Å². The van der Waals surface area contributed by atoms with Crippen molar-refractivity contribution in [1.29, 1.82) is 0 Å². The van der Waals surface area contributed by atoms with Crippen LogP contribution in [0.4, 0.5) is 0 Å². The number of rotatable bonds is 6. The number of nitrogens with zero attached hydrogens (tertiary/aromatic N) is 3. The van der Waals surface area contributed by atoms with Gasteiger partial charge in [0.1, 0.15) is 11.3 Å². The number of amides is 1. The van der Waals surface area contributed by atoms with Crippen LogP contribution >= 0.6 is 0 Å². The minimum atomic E-state index is -0.152. The zero-order valence-corrected chi connectivity index (χ0v) is 14.1. The Balaban J connectivity index is 1.81. The quantitative estimate of drug-likeness (QED) is 0.753. The normalized spacial score (nSPS) is 12.2. The molecular formula is C19H22N4O. The molecule has 5 heteroatoms. The largest absolute Gasteiger partial charge is 0.344 e. The van der Waals surface area contributed by atoms with E-state index in [4.69, 9.17) is 0 Å². The third-order valence-corrected chi connectivity index (χ3v) is 4.07. The molecule has 1 N–H and O–H groups in total. The lowest BCUT2D eigenvalue weighted by Gasteiger charge is -2.18. The van der Waals surface area contributed by atoms with Gasteiger partial charge in [0, 0.05) is 24.8 Å². The second-order valence-corrected chi connectivity index (χ2v) is 6.05. The van der Waals surface area contributed by atoms with Gasteiger partial charge in [0.05, 0.1) is 6.04 Å². The van der Waals surface area contributed by atoms with Crippen molar-refractivity contribution in [2.75, 3.05) is 0 Å². The monoisotopic (exact) mass is 322 g/mol. The Hall–Kier alpha value is -2.69. The summed E-state index contributed by atoms with van der Waals surface area (Å²) in [5, 5.41) is 3.11. The van der Waals surface area contributed by atoms with E-state index in [2.05, 4.69) is 22.2 Å². The fourth-order valence-corrected chi connectivity index (χ4v) is 2.76. The number of carbonyl (C=O) groups excluding carboxylic acids is 1. The molecule has 5 nitrogen and oxygen atoms in total. The SMILES string of the molecule is CCCCC(NC(=O)c1cn2cc(C)ccc2n1)c1cccnc1. The maximum atomic E-state index is 12.6. The maximum Gasteiger partial charge on any atom is 0.271 e. The first kappa shape index (κ1) is 16.2. The smallest absolute Gasteiger partial charge is 0.271 e. The highest BCUT2D eigenvalue weighted by Gasteiger charge is 2.17. The van der Waals surface area contributed by atoms with Crippen LogP contribution in [0.15, 0.2) is 49.1 Å². The Morgan fingerprint density at radius 2 is 2.17 bits per heavy atom. The van der Waals surface area contributed by atoms with Crippen LogP contribution in [0.2, 0.25) is 0 Å². The molecular weight excluding hydrogens is 300 g/mol. The molecule has 0 aliphatic carbocycles. The predicted molar refractivity (Wildman–Crippen MR) is 93.9 cm³/mol. The number of nitrogens with one attached hydrogen (secondary N) is 1. The molecule has 0 bridgehead atoms. The lowest BCUT2D eigenvalue weighted by molar-refractivity contribution is 0.0929. The Morgan fingerprint density at radius 3 is 2.92 bits per heavy atom. The van der Waals surface area contributed by atoms with Crippen molar-refractivity contribution in [2.45, 2.75) is 39.2 Å². The van der Waals surface area contributed by atoms with Crippen LogP contribution in [0, 0.1) is 6.92 Å². The van der Waals surface area contributed by atoms with E-state index >= 15 is 0 Å². The predicted octanol–water partition coefficient (Wildman–Crippen LogP) is 3.70. The third-order valence-electron chi connectivity index (χ3n) is 4.07. The molecule has 0 radical (unpaired) electrons. The molecule has 0 fully saturated rings. The van der Waals surface area contributed by atoms with Crippen LogP contribution in [0.5, 0.6) is 0 Å². The highest BCUT2D eigenvalue weighted by molar-refractivity contribution is 5.93. The first-order valence-corrected chi connectivity index (χ1v) is 8.33. The zero-order valence-electron chi connectivity index (χ0n) is 14.1. The highest BCUT2D eigenvalue weighted by atomic mass is 16.2. The van der Waals surface area contributed by atoms with Crippen molar-refractivity contribution in [1.82, 2.24) is 19.7 Å². The lowest BCUT2D eigenvalue weighted by atomic mass is 10.0. The topological polar surface area (TPSA) is 59.3 Å². The second kappa shape index (κ2) is 7.25. The molecule has 3 aromatic rings. The van der Waals surface area contributed by atoms with Gasteiger partial charge in [-0.1, -0.05) is 31.9 Å². The number of hydrogen-bond acceptors (Lipinski definition) is 3. The number of aromatic nitrogens is 3.